The van der Waals surface area contributed by atoms with Crippen molar-refractivity contribution < 1.29 is 27.5 Å². The number of nitrogens with one attached hydrogen (secondary N) is 1. The molecular formula is C31H39N3O6S. The number of carbonyl (C=O) groups excluding carboxylic acids is 2. The second-order valence-electron chi connectivity index (χ2n) is 9.86. The van der Waals surface area contributed by atoms with Crippen molar-refractivity contribution in [3.63, 3.8) is 0 Å². The third-order valence-electron chi connectivity index (χ3n) is 6.88. The van der Waals surface area contributed by atoms with Crippen LogP contribution in [0.3, 0.4) is 0 Å². The van der Waals surface area contributed by atoms with Crippen LogP contribution < -0.4 is 19.1 Å². The molecule has 0 spiro atoms. The van der Waals surface area contributed by atoms with Crippen molar-refractivity contribution >= 4 is 27.5 Å². The Morgan fingerprint density at radius 1 is 0.927 bits per heavy atom. The number of para-hydroxylation sites is 2. The zero-order valence-corrected chi connectivity index (χ0v) is 25.3. The Kier molecular flexibility index (Phi) is 10.8. The van der Waals surface area contributed by atoms with E-state index >= 15 is 0 Å². The molecule has 3 rings (SSSR count). The number of hydrogen-bond acceptors (Lipinski definition) is 6. The molecule has 9 nitrogen and oxygen atoms in total. The van der Waals surface area contributed by atoms with Gasteiger partial charge in [-0.25, -0.2) is 8.42 Å². The van der Waals surface area contributed by atoms with Crippen molar-refractivity contribution in [3.8, 4) is 11.5 Å². The maximum absolute atomic E-state index is 14.1. The van der Waals surface area contributed by atoms with Crippen LogP contribution in [0.1, 0.15) is 38.3 Å². The number of sulfonamides is 1. The monoisotopic (exact) mass is 581 g/mol. The molecule has 0 saturated heterocycles. The Morgan fingerprint density at radius 2 is 1.61 bits per heavy atom. The quantitative estimate of drug-likeness (QED) is 0.318. The molecule has 0 bridgehead atoms. The smallest absolute Gasteiger partial charge is 0.264 e. The molecule has 41 heavy (non-hydrogen) atoms. The van der Waals surface area contributed by atoms with Gasteiger partial charge in [0.05, 0.1) is 24.8 Å². The van der Waals surface area contributed by atoms with Gasteiger partial charge in [-0.2, -0.15) is 0 Å². The molecule has 0 unspecified atom stereocenters. The van der Waals surface area contributed by atoms with E-state index in [4.69, 9.17) is 9.47 Å². The molecule has 3 aromatic rings. The average molecular weight is 582 g/mol. The molecule has 0 fully saturated rings. The molecule has 0 aromatic heterocycles. The van der Waals surface area contributed by atoms with E-state index in [9.17, 15) is 18.0 Å². The van der Waals surface area contributed by atoms with Crippen LogP contribution in [0.4, 0.5) is 5.69 Å². The van der Waals surface area contributed by atoms with Gasteiger partial charge in [-0.3, -0.25) is 13.9 Å². The third kappa shape index (κ3) is 7.79. The fourth-order valence-corrected chi connectivity index (χ4v) is 5.70. The van der Waals surface area contributed by atoms with E-state index < -0.39 is 28.5 Å². The average Bonchev–Trinajstić information content (AvgIpc) is 2.98. The third-order valence-corrected chi connectivity index (χ3v) is 8.66. The summed E-state index contributed by atoms with van der Waals surface area (Å²) in [5.41, 5.74) is 2.03. The molecular weight excluding hydrogens is 542 g/mol. The minimum atomic E-state index is -4.24. The molecule has 0 aliphatic carbocycles. The number of rotatable bonds is 13. The molecule has 1 N–H and O–H groups in total. The highest BCUT2D eigenvalue weighted by Gasteiger charge is 2.34. The first-order chi connectivity index (χ1) is 19.5. The van der Waals surface area contributed by atoms with Gasteiger partial charge < -0.3 is 19.7 Å². The standard InChI is InChI=1S/C31H39N3O6S/c1-7-23(3)32-31(36)24(4)33(20-25-12-10-11-22(2)19-25)30(35)21-34(28-13-8-9-14-29(28)40-6)41(37,38)27-17-15-26(39-5)16-18-27/h8-19,23-24H,7,20-21H2,1-6H3,(H,32,36)/t23-,24-/m0/s1. The van der Waals surface area contributed by atoms with E-state index in [0.29, 0.717) is 5.75 Å². The largest absolute Gasteiger partial charge is 0.497 e. The van der Waals surface area contributed by atoms with Gasteiger partial charge in [0.2, 0.25) is 11.8 Å². The Bertz CT molecular complexity index is 1440. The number of ether oxygens (including phenoxy) is 2. The normalized spacial score (nSPS) is 12.6. The van der Waals surface area contributed by atoms with Crippen LogP contribution in [-0.2, 0) is 26.2 Å². The summed E-state index contributed by atoms with van der Waals surface area (Å²) >= 11 is 0. The number of carbonyl (C=O) groups is 2. The van der Waals surface area contributed by atoms with Gasteiger partial charge >= 0.3 is 0 Å². The van der Waals surface area contributed by atoms with E-state index in [1.54, 1.807) is 43.3 Å². The first kappa shape index (κ1) is 31.5. The van der Waals surface area contributed by atoms with Crippen LogP contribution in [0, 0.1) is 6.92 Å². The van der Waals surface area contributed by atoms with Gasteiger partial charge in [-0.15, -0.1) is 0 Å². The Labute approximate surface area is 243 Å². The van der Waals surface area contributed by atoms with Crippen molar-refractivity contribution in [1.82, 2.24) is 10.2 Å². The molecule has 220 valence electrons. The van der Waals surface area contributed by atoms with Crippen LogP contribution in [0.2, 0.25) is 0 Å². The van der Waals surface area contributed by atoms with E-state index in [1.807, 2.05) is 45.0 Å². The highest BCUT2D eigenvalue weighted by Crippen LogP contribution is 2.33. The van der Waals surface area contributed by atoms with Gasteiger partial charge in [0.1, 0.15) is 24.1 Å². The molecule has 2 atom stereocenters. The van der Waals surface area contributed by atoms with Crippen molar-refractivity contribution in [2.45, 2.75) is 57.6 Å². The topological polar surface area (TPSA) is 105 Å². The summed E-state index contributed by atoms with van der Waals surface area (Å²) in [5.74, 6) is -0.0805. The molecule has 0 aliphatic rings. The van der Waals surface area contributed by atoms with Crippen LogP contribution in [0.15, 0.2) is 77.7 Å². The summed E-state index contributed by atoms with van der Waals surface area (Å²) < 4.78 is 39.7. The summed E-state index contributed by atoms with van der Waals surface area (Å²) in [6.45, 7) is 7.01. The summed E-state index contributed by atoms with van der Waals surface area (Å²) in [6.07, 6.45) is 0.728. The lowest BCUT2D eigenvalue weighted by Gasteiger charge is -2.33. The SMILES string of the molecule is CC[C@H](C)NC(=O)[C@H](C)N(Cc1cccc(C)c1)C(=O)CN(c1ccccc1OC)S(=O)(=O)c1ccc(OC)cc1. The van der Waals surface area contributed by atoms with Gasteiger partial charge in [0.25, 0.3) is 10.0 Å². The zero-order chi connectivity index (χ0) is 30.2. The minimum absolute atomic E-state index is 0.0233. The van der Waals surface area contributed by atoms with Gasteiger partial charge in [0, 0.05) is 12.6 Å². The first-order valence-electron chi connectivity index (χ1n) is 13.5. The summed E-state index contributed by atoms with van der Waals surface area (Å²) in [5, 5.41) is 2.94. The number of benzene rings is 3. The predicted octanol–water partition coefficient (Wildman–Crippen LogP) is 4.54. The van der Waals surface area contributed by atoms with Crippen molar-refractivity contribution in [3.05, 3.63) is 83.9 Å². The van der Waals surface area contributed by atoms with Crippen molar-refractivity contribution in [2.75, 3.05) is 25.1 Å². The number of anilines is 1. The molecule has 3 aromatic carbocycles. The highest BCUT2D eigenvalue weighted by atomic mass is 32.2. The molecule has 2 amide bonds. The Balaban J connectivity index is 2.07. The maximum atomic E-state index is 14.1. The highest BCUT2D eigenvalue weighted by molar-refractivity contribution is 7.92. The van der Waals surface area contributed by atoms with Crippen LogP contribution >= 0.6 is 0 Å². The fourth-order valence-electron chi connectivity index (χ4n) is 4.28. The van der Waals surface area contributed by atoms with Gasteiger partial charge in [0.15, 0.2) is 0 Å². The first-order valence-corrected chi connectivity index (χ1v) is 14.9. The zero-order valence-electron chi connectivity index (χ0n) is 24.5. The van der Waals surface area contributed by atoms with Crippen molar-refractivity contribution in [1.29, 1.82) is 0 Å². The molecule has 0 aliphatic heterocycles. The maximum Gasteiger partial charge on any atom is 0.264 e. The molecule has 0 heterocycles. The van der Waals surface area contributed by atoms with E-state index in [-0.39, 0.29) is 34.8 Å². The van der Waals surface area contributed by atoms with E-state index in [2.05, 4.69) is 5.32 Å². The predicted molar refractivity (Wildman–Crippen MR) is 160 cm³/mol. The summed E-state index contributed by atoms with van der Waals surface area (Å²) in [6, 6.07) is 19.2. The lowest BCUT2D eigenvalue weighted by atomic mass is 10.1. The lowest BCUT2D eigenvalue weighted by molar-refractivity contribution is -0.139. The number of aryl methyl sites for hydroxylation is 1. The fraction of sp³-hybridized carbons (Fsp3) is 0.355. The number of amides is 2. The summed E-state index contributed by atoms with van der Waals surface area (Å²) in [4.78, 5) is 28.6. The molecule has 0 radical (unpaired) electrons. The second kappa shape index (κ2) is 14.0. The summed E-state index contributed by atoms with van der Waals surface area (Å²) in [7, 11) is -1.31. The van der Waals surface area contributed by atoms with Gasteiger partial charge in [-0.1, -0.05) is 48.9 Å². The number of methoxy groups -OCH3 is 2. The van der Waals surface area contributed by atoms with Crippen LogP contribution in [0.25, 0.3) is 0 Å². The van der Waals surface area contributed by atoms with Crippen LogP contribution in [-0.4, -0.2) is 58.0 Å². The van der Waals surface area contributed by atoms with Crippen LogP contribution in [0.5, 0.6) is 11.5 Å². The molecule has 10 heteroatoms. The number of nitrogens with zero attached hydrogens (tertiary/aromatic N) is 2. The lowest BCUT2D eigenvalue weighted by Crippen LogP contribution is -2.52. The van der Waals surface area contributed by atoms with Gasteiger partial charge in [-0.05, 0) is 69.2 Å². The Morgan fingerprint density at radius 3 is 2.22 bits per heavy atom. The van der Waals surface area contributed by atoms with Crippen molar-refractivity contribution in [2.24, 2.45) is 0 Å². The van der Waals surface area contributed by atoms with E-state index in [1.165, 1.54) is 31.3 Å². The Hall–Kier alpha value is -4.05. The molecule has 0 saturated carbocycles. The number of hydrogen-bond donors (Lipinski definition) is 1. The second-order valence-corrected chi connectivity index (χ2v) is 11.7. The minimum Gasteiger partial charge on any atom is -0.497 e. The van der Waals surface area contributed by atoms with E-state index in [0.717, 1.165) is 21.9 Å².